The topological polar surface area (TPSA) is 51.0 Å². The van der Waals surface area contributed by atoms with Gasteiger partial charge in [-0.15, -0.1) is 10.2 Å². The summed E-state index contributed by atoms with van der Waals surface area (Å²) in [4.78, 5) is 0. The third-order valence-corrected chi connectivity index (χ3v) is 3.26. The van der Waals surface area contributed by atoms with Gasteiger partial charge in [-0.2, -0.15) is 0 Å². The van der Waals surface area contributed by atoms with Crippen LogP contribution in [0.4, 0.5) is 4.39 Å². The predicted octanol–water partition coefficient (Wildman–Crippen LogP) is 2.87. The van der Waals surface area contributed by atoms with Gasteiger partial charge in [-0.1, -0.05) is 26.0 Å². The van der Waals surface area contributed by atoms with Gasteiger partial charge < -0.3 is 9.73 Å². The molecule has 0 fully saturated rings. The van der Waals surface area contributed by atoms with E-state index in [1.165, 1.54) is 12.1 Å². The number of nitrogens with zero attached hydrogens (tertiary/aromatic N) is 2. The molecule has 0 bridgehead atoms. The average molecular weight is 277 g/mol. The monoisotopic (exact) mass is 277 g/mol. The lowest BCUT2D eigenvalue weighted by Gasteiger charge is -2.21. The minimum absolute atomic E-state index is 0.204. The molecule has 0 spiro atoms. The van der Waals surface area contributed by atoms with E-state index in [-0.39, 0.29) is 11.9 Å². The zero-order chi connectivity index (χ0) is 14.5. The lowest BCUT2D eigenvalue weighted by atomic mass is 9.96. The van der Waals surface area contributed by atoms with Crippen LogP contribution in [0.5, 0.6) is 0 Å². The van der Waals surface area contributed by atoms with Gasteiger partial charge in [-0.25, -0.2) is 4.39 Å². The Bertz CT molecular complexity index is 536. The second-order valence-corrected chi connectivity index (χ2v) is 5.28. The molecule has 108 valence electrons. The molecule has 20 heavy (non-hydrogen) atoms. The molecule has 5 heteroatoms. The first kappa shape index (κ1) is 14.7. The Kier molecular flexibility index (Phi) is 4.84. The standard InChI is InChI=1S/C15H20FN3O/c1-10(2)14(8-12-4-6-13(16)7-5-12)17-9-15-19-18-11(3)20-15/h4-7,10,14,17H,8-9H2,1-3H3. The normalized spacial score (nSPS) is 12.8. The molecule has 1 unspecified atom stereocenters. The minimum Gasteiger partial charge on any atom is -0.424 e. The number of nitrogens with one attached hydrogen (secondary N) is 1. The molecule has 0 aliphatic carbocycles. The molecule has 0 saturated carbocycles. The van der Waals surface area contributed by atoms with Gasteiger partial charge in [-0.3, -0.25) is 0 Å². The fourth-order valence-electron chi connectivity index (χ4n) is 2.05. The Balaban J connectivity index is 1.95. The first-order valence-corrected chi connectivity index (χ1v) is 6.81. The smallest absolute Gasteiger partial charge is 0.230 e. The molecular formula is C15H20FN3O. The number of rotatable bonds is 6. The Morgan fingerprint density at radius 3 is 2.45 bits per heavy atom. The lowest BCUT2D eigenvalue weighted by Crippen LogP contribution is -2.35. The summed E-state index contributed by atoms with van der Waals surface area (Å²) in [5.74, 6) is 1.40. The van der Waals surface area contributed by atoms with Crippen LogP contribution in [0.1, 0.15) is 31.2 Å². The van der Waals surface area contributed by atoms with Crippen LogP contribution in [0.15, 0.2) is 28.7 Å². The summed E-state index contributed by atoms with van der Waals surface area (Å²) in [7, 11) is 0. The molecule has 1 heterocycles. The van der Waals surface area contributed by atoms with E-state index in [0.29, 0.717) is 24.2 Å². The first-order valence-electron chi connectivity index (χ1n) is 6.81. The van der Waals surface area contributed by atoms with Crippen LogP contribution in [0, 0.1) is 18.7 Å². The van der Waals surface area contributed by atoms with E-state index in [4.69, 9.17) is 4.42 Å². The zero-order valence-corrected chi connectivity index (χ0v) is 12.1. The maximum absolute atomic E-state index is 12.9. The molecule has 1 aromatic heterocycles. The van der Waals surface area contributed by atoms with Gasteiger partial charge in [-0.05, 0) is 30.0 Å². The van der Waals surface area contributed by atoms with E-state index < -0.39 is 0 Å². The Morgan fingerprint density at radius 1 is 1.20 bits per heavy atom. The van der Waals surface area contributed by atoms with E-state index in [1.54, 1.807) is 6.92 Å². The second kappa shape index (κ2) is 6.61. The number of aromatic nitrogens is 2. The highest BCUT2D eigenvalue weighted by atomic mass is 19.1. The molecule has 0 amide bonds. The molecule has 1 N–H and O–H groups in total. The molecule has 0 radical (unpaired) electrons. The molecule has 2 rings (SSSR count). The van der Waals surface area contributed by atoms with Crippen molar-refractivity contribution in [1.82, 2.24) is 15.5 Å². The fourth-order valence-corrected chi connectivity index (χ4v) is 2.05. The Morgan fingerprint density at radius 2 is 1.90 bits per heavy atom. The minimum atomic E-state index is -0.204. The lowest BCUT2D eigenvalue weighted by molar-refractivity contribution is 0.363. The third-order valence-electron chi connectivity index (χ3n) is 3.26. The van der Waals surface area contributed by atoms with Crippen molar-refractivity contribution in [3.63, 3.8) is 0 Å². The molecule has 0 aliphatic rings. The number of benzene rings is 1. The van der Waals surface area contributed by atoms with Crippen molar-refractivity contribution >= 4 is 0 Å². The van der Waals surface area contributed by atoms with Crippen molar-refractivity contribution in [2.45, 2.75) is 39.8 Å². The molecule has 1 aromatic carbocycles. The van der Waals surface area contributed by atoms with E-state index in [0.717, 1.165) is 12.0 Å². The molecular weight excluding hydrogens is 257 g/mol. The van der Waals surface area contributed by atoms with E-state index in [2.05, 4.69) is 29.4 Å². The Labute approximate surface area is 118 Å². The quantitative estimate of drug-likeness (QED) is 0.882. The summed E-state index contributed by atoms with van der Waals surface area (Å²) in [5.41, 5.74) is 1.11. The fraction of sp³-hybridized carbons (Fsp3) is 0.467. The number of halogens is 1. The highest BCUT2D eigenvalue weighted by Gasteiger charge is 2.15. The van der Waals surface area contributed by atoms with E-state index >= 15 is 0 Å². The third kappa shape index (κ3) is 4.13. The van der Waals surface area contributed by atoms with E-state index in [1.807, 2.05) is 12.1 Å². The molecule has 0 saturated heterocycles. The molecule has 4 nitrogen and oxygen atoms in total. The van der Waals surface area contributed by atoms with Crippen LogP contribution < -0.4 is 5.32 Å². The summed E-state index contributed by atoms with van der Waals surface area (Å²) in [5, 5.41) is 11.2. The summed E-state index contributed by atoms with van der Waals surface area (Å²) in [6.45, 7) is 6.63. The molecule has 2 aromatic rings. The zero-order valence-electron chi connectivity index (χ0n) is 12.1. The van der Waals surface area contributed by atoms with E-state index in [9.17, 15) is 4.39 Å². The maximum Gasteiger partial charge on any atom is 0.230 e. The van der Waals surface area contributed by atoms with Gasteiger partial charge in [0.15, 0.2) is 0 Å². The summed E-state index contributed by atoms with van der Waals surface area (Å²) in [6, 6.07) is 6.90. The van der Waals surface area contributed by atoms with Crippen LogP contribution in [0.25, 0.3) is 0 Å². The van der Waals surface area contributed by atoms with Gasteiger partial charge in [0, 0.05) is 13.0 Å². The van der Waals surface area contributed by atoms with Gasteiger partial charge in [0.1, 0.15) is 5.82 Å². The van der Waals surface area contributed by atoms with Crippen molar-refractivity contribution in [1.29, 1.82) is 0 Å². The molecule has 1 atom stereocenters. The first-order chi connectivity index (χ1) is 9.54. The largest absolute Gasteiger partial charge is 0.424 e. The highest BCUT2D eigenvalue weighted by Crippen LogP contribution is 2.12. The maximum atomic E-state index is 12.9. The number of hydrogen-bond donors (Lipinski definition) is 1. The van der Waals surface area contributed by atoms with Crippen LogP contribution in [-0.4, -0.2) is 16.2 Å². The van der Waals surface area contributed by atoms with Crippen LogP contribution >= 0.6 is 0 Å². The van der Waals surface area contributed by atoms with Gasteiger partial charge in [0.05, 0.1) is 6.54 Å². The summed E-state index contributed by atoms with van der Waals surface area (Å²) in [6.07, 6.45) is 0.838. The average Bonchev–Trinajstić information content (AvgIpc) is 2.82. The SMILES string of the molecule is Cc1nnc(CNC(Cc2ccc(F)cc2)C(C)C)o1. The van der Waals surface area contributed by atoms with Crippen molar-refractivity contribution in [3.8, 4) is 0 Å². The second-order valence-electron chi connectivity index (χ2n) is 5.28. The van der Waals surface area contributed by atoms with Crippen molar-refractivity contribution in [2.24, 2.45) is 5.92 Å². The highest BCUT2D eigenvalue weighted by molar-refractivity contribution is 5.17. The Hall–Kier alpha value is -1.75. The van der Waals surface area contributed by atoms with Gasteiger partial charge in [0.2, 0.25) is 11.8 Å². The number of hydrogen-bond acceptors (Lipinski definition) is 4. The van der Waals surface area contributed by atoms with Crippen LogP contribution in [0.2, 0.25) is 0 Å². The predicted molar refractivity (Wildman–Crippen MR) is 74.6 cm³/mol. The van der Waals surface area contributed by atoms with Crippen LogP contribution in [-0.2, 0) is 13.0 Å². The van der Waals surface area contributed by atoms with Crippen molar-refractivity contribution < 1.29 is 8.81 Å². The summed E-state index contributed by atoms with van der Waals surface area (Å²) < 4.78 is 18.3. The van der Waals surface area contributed by atoms with Crippen LogP contribution in [0.3, 0.4) is 0 Å². The van der Waals surface area contributed by atoms with Gasteiger partial charge in [0.25, 0.3) is 0 Å². The molecule has 0 aliphatic heterocycles. The van der Waals surface area contributed by atoms with Gasteiger partial charge >= 0.3 is 0 Å². The van der Waals surface area contributed by atoms with Crippen molar-refractivity contribution in [2.75, 3.05) is 0 Å². The summed E-state index contributed by atoms with van der Waals surface area (Å²) >= 11 is 0. The number of aryl methyl sites for hydroxylation is 1. The van der Waals surface area contributed by atoms with Crippen molar-refractivity contribution in [3.05, 3.63) is 47.4 Å².